The molecule has 9 nitrogen and oxygen atoms in total. The van der Waals surface area contributed by atoms with Gasteiger partial charge in [0.05, 0.1) is 12.8 Å². The van der Waals surface area contributed by atoms with E-state index >= 15 is 0 Å². The quantitative estimate of drug-likeness (QED) is 0.495. The lowest BCUT2D eigenvalue weighted by Crippen LogP contribution is -2.40. The van der Waals surface area contributed by atoms with Crippen LogP contribution in [0.5, 0.6) is 5.75 Å². The largest absolute Gasteiger partial charge is 0.495 e. The summed E-state index contributed by atoms with van der Waals surface area (Å²) in [5.41, 5.74) is 2.75. The van der Waals surface area contributed by atoms with Gasteiger partial charge < -0.3 is 24.3 Å². The number of methoxy groups -OCH3 is 1. The molecule has 1 aromatic heterocycles. The van der Waals surface area contributed by atoms with Crippen molar-refractivity contribution < 1.29 is 14.3 Å². The lowest BCUT2D eigenvalue weighted by Gasteiger charge is -2.29. The SMILES string of the molecule is COc1ccccc1N(C)CCC(=O)N1CCN(c2ncccn2)CCCN(C(C)=O)c2ccccc2C1. The molecule has 2 aromatic carbocycles. The van der Waals surface area contributed by atoms with Gasteiger partial charge in [0.1, 0.15) is 5.75 Å². The third-order valence-electron chi connectivity index (χ3n) is 6.82. The minimum absolute atomic E-state index is 0.0180. The molecule has 200 valence electrons. The molecule has 0 unspecified atom stereocenters. The van der Waals surface area contributed by atoms with Gasteiger partial charge in [0.25, 0.3) is 0 Å². The molecule has 2 amide bonds. The maximum Gasteiger partial charge on any atom is 0.225 e. The fraction of sp³-hybridized carbons (Fsp3) is 0.379. The number of rotatable bonds is 6. The van der Waals surface area contributed by atoms with Crippen molar-refractivity contribution in [1.29, 1.82) is 0 Å². The van der Waals surface area contributed by atoms with Crippen molar-refractivity contribution in [3.8, 4) is 5.75 Å². The molecule has 0 saturated heterocycles. The van der Waals surface area contributed by atoms with Gasteiger partial charge in [-0.1, -0.05) is 30.3 Å². The lowest BCUT2D eigenvalue weighted by molar-refractivity contribution is -0.131. The number of fused-ring (bicyclic) bond motifs is 1. The zero-order valence-corrected chi connectivity index (χ0v) is 22.4. The minimum atomic E-state index is -0.0180. The highest BCUT2D eigenvalue weighted by atomic mass is 16.5. The van der Waals surface area contributed by atoms with Crippen LogP contribution in [-0.4, -0.2) is 73.6 Å². The standard InChI is InChI=1S/C29H36N6O3/c1-23(36)35-18-9-17-33(29-30-15-8-16-31-29)20-21-34(22-24-10-4-5-11-25(24)35)28(37)14-19-32(2)26-12-6-7-13-27(26)38-3/h4-8,10-13,15-16H,9,14,17-22H2,1-3H3. The number of carbonyl (C=O) groups is 2. The number of aromatic nitrogens is 2. The zero-order chi connectivity index (χ0) is 26.9. The Morgan fingerprint density at radius 1 is 0.947 bits per heavy atom. The van der Waals surface area contributed by atoms with E-state index in [1.807, 2.05) is 70.3 Å². The number of nitrogens with zero attached hydrogens (tertiary/aromatic N) is 6. The molecule has 0 bridgehead atoms. The zero-order valence-electron chi connectivity index (χ0n) is 22.4. The minimum Gasteiger partial charge on any atom is -0.495 e. The van der Waals surface area contributed by atoms with Gasteiger partial charge >= 0.3 is 0 Å². The molecule has 1 aliphatic rings. The lowest BCUT2D eigenvalue weighted by atomic mass is 10.1. The van der Waals surface area contributed by atoms with Crippen molar-refractivity contribution >= 4 is 29.1 Å². The molecule has 3 aromatic rings. The van der Waals surface area contributed by atoms with Crippen molar-refractivity contribution in [3.05, 3.63) is 72.6 Å². The van der Waals surface area contributed by atoms with Gasteiger partial charge in [0.15, 0.2) is 0 Å². The van der Waals surface area contributed by atoms with E-state index in [1.54, 1.807) is 32.5 Å². The molecule has 38 heavy (non-hydrogen) atoms. The highest BCUT2D eigenvalue weighted by Crippen LogP contribution is 2.27. The molecule has 0 N–H and O–H groups in total. The number of benzene rings is 2. The van der Waals surface area contributed by atoms with Crippen LogP contribution in [0.15, 0.2) is 67.0 Å². The third-order valence-corrected chi connectivity index (χ3v) is 6.82. The molecule has 0 saturated carbocycles. The number of amides is 2. The van der Waals surface area contributed by atoms with Crippen LogP contribution in [0.25, 0.3) is 0 Å². The highest BCUT2D eigenvalue weighted by molar-refractivity contribution is 5.92. The second kappa shape index (κ2) is 12.9. The molecular formula is C29H36N6O3. The summed E-state index contributed by atoms with van der Waals surface area (Å²) < 4.78 is 5.49. The van der Waals surface area contributed by atoms with Gasteiger partial charge in [0.2, 0.25) is 17.8 Å². The Morgan fingerprint density at radius 3 is 2.45 bits per heavy atom. The van der Waals surface area contributed by atoms with Crippen LogP contribution in [-0.2, 0) is 16.1 Å². The summed E-state index contributed by atoms with van der Waals surface area (Å²) in [6, 6.07) is 17.4. The van der Waals surface area contributed by atoms with Crippen LogP contribution < -0.4 is 19.4 Å². The van der Waals surface area contributed by atoms with E-state index < -0.39 is 0 Å². The number of para-hydroxylation sites is 3. The van der Waals surface area contributed by atoms with Crippen molar-refractivity contribution in [3.63, 3.8) is 0 Å². The van der Waals surface area contributed by atoms with Gasteiger partial charge in [-0.3, -0.25) is 9.59 Å². The Kier molecular flexibility index (Phi) is 9.13. The van der Waals surface area contributed by atoms with E-state index in [1.165, 1.54) is 0 Å². The maximum absolute atomic E-state index is 13.6. The Morgan fingerprint density at radius 2 is 1.68 bits per heavy atom. The van der Waals surface area contributed by atoms with E-state index in [-0.39, 0.29) is 11.8 Å². The fourth-order valence-corrected chi connectivity index (χ4v) is 4.77. The van der Waals surface area contributed by atoms with Crippen LogP contribution in [0.1, 0.15) is 25.3 Å². The Balaban J connectivity index is 1.57. The van der Waals surface area contributed by atoms with Crippen LogP contribution in [0.2, 0.25) is 0 Å². The van der Waals surface area contributed by atoms with Crippen LogP contribution >= 0.6 is 0 Å². The predicted octanol–water partition coefficient (Wildman–Crippen LogP) is 3.60. The number of ether oxygens (including phenoxy) is 1. The number of anilines is 3. The van der Waals surface area contributed by atoms with Crippen molar-refractivity contribution in [2.24, 2.45) is 0 Å². The number of hydrogen-bond acceptors (Lipinski definition) is 7. The van der Waals surface area contributed by atoms with E-state index in [2.05, 4.69) is 14.9 Å². The van der Waals surface area contributed by atoms with Gasteiger partial charge in [0, 0.05) is 77.7 Å². The number of carbonyl (C=O) groups excluding carboxylic acids is 2. The molecule has 2 heterocycles. The Labute approximate surface area is 224 Å². The molecule has 0 aliphatic carbocycles. The summed E-state index contributed by atoms with van der Waals surface area (Å²) in [6.07, 6.45) is 4.54. The summed E-state index contributed by atoms with van der Waals surface area (Å²) in [6.45, 7) is 4.92. The number of hydrogen-bond donors (Lipinski definition) is 0. The van der Waals surface area contributed by atoms with Crippen molar-refractivity contribution in [2.45, 2.75) is 26.3 Å². The first-order chi connectivity index (χ1) is 18.5. The summed E-state index contributed by atoms with van der Waals surface area (Å²) in [7, 11) is 3.61. The highest BCUT2D eigenvalue weighted by Gasteiger charge is 2.23. The summed E-state index contributed by atoms with van der Waals surface area (Å²) >= 11 is 0. The first kappa shape index (κ1) is 26.9. The van der Waals surface area contributed by atoms with Crippen LogP contribution in [0.3, 0.4) is 0 Å². The second-order valence-corrected chi connectivity index (χ2v) is 9.35. The molecule has 9 heteroatoms. The van der Waals surface area contributed by atoms with Crippen LogP contribution in [0.4, 0.5) is 17.3 Å². The first-order valence-corrected chi connectivity index (χ1v) is 13.0. The Bertz CT molecular complexity index is 1220. The van der Waals surface area contributed by atoms with E-state index in [0.29, 0.717) is 51.6 Å². The Hall–Kier alpha value is -4.14. The van der Waals surface area contributed by atoms with Crippen molar-refractivity contribution in [1.82, 2.24) is 14.9 Å². The molecule has 0 atom stereocenters. The van der Waals surface area contributed by atoms with E-state index in [9.17, 15) is 9.59 Å². The smallest absolute Gasteiger partial charge is 0.225 e. The molecule has 1 aliphatic heterocycles. The average molecular weight is 517 g/mol. The summed E-state index contributed by atoms with van der Waals surface area (Å²) in [5, 5.41) is 0. The monoisotopic (exact) mass is 516 g/mol. The topological polar surface area (TPSA) is 82.1 Å². The average Bonchev–Trinajstić information content (AvgIpc) is 2.98. The van der Waals surface area contributed by atoms with E-state index in [4.69, 9.17) is 4.74 Å². The van der Waals surface area contributed by atoms with Gasteiger partial charge in [-0.15, -0.1) is 0 Å². The van der Waals surface area contributed by atoms with Crippen LogP contribution in [0, 0.1) is 0 Å². The van der Waals surface area contributed by atoms with Gasteiger partial charge in [-0.25, -0.2) is 9.97 Å². The predicted molar refractivity (Wildman–Crippen MR) is 150 cm³/mol. The molecule has 4 rings (SSSR count). The van der Waals surface area contributed by atoms with Gasteiger partial charge in [-0.2, -0.15) is 0 Å². The fourth-order valence-electron chi connectivity index (χ4n) is 4.77. The summed E-state index contributed by atoms with van der Waals surface area (Å²) in [4.78, 5) is 43.0. The molecular weight excluding hydrogens is 480 g/mol. The third kappa shape index (κ3) is 6.59. The molecule has 0 fully saturated rings. The second-order valence-electron chi connectivity index (χ2n) is 9.35. The maximum atomic E-state index is 13.6. The molecule has 0 spiro atoms. The normalized spacial score (nSPS) is 14.3. The molecule has 0 radical (unpaired) electrons. The van der Waals surface area contributed by atoms with Crippen molar-refractivity contribution in [2.75, 3.05) is 61.6 Å². The summed E-state index contributed by atoms with van der Waals surface area (Å²) in [5.74, 6) is 1.43. The first-order valence-electron chi connectivity index (χ1n) is 13.0. The van der Waals surface area contributed by atoms with Gasteiger partial charge in [-0.05, 0) is 36.2 Å². The van der Waals surface area contributed by atoms with E-state index in [0.717, 1.165) is 29.1 Å².